The fourth-order valence-corrected chi connectivity index (χ4v) is 7.70. The molecule has 0 fully saturated rings. The molecule has 9 rings (SSSR count). The van der Waals surface area contributed by atoms with Gasteiger partial charge in [-0.1, -0.05) is 123 Å². The van der Waals surface area contributed by atoms with Crippen LogP contribution in [0, 0.1) is 5.92 Å². The molecule has 0 radical (unpaired) electrons. The minimum Gasteiger partial charge on any atom is -0.309 e. The molecule has 0 amide bonds. The lowest BCUT2D eigenvalue weighted by Crippen LogP contribution is -2.39. The molecule has 0 saturated heterocycles. The Morgan fingerprint density at radius 1 is 0.787 bits per heavy atom. The first-order valence-corrected chi connectivity index (χ1v) is 16.5. The molecule has 1 aromatic heterocycles. The van der Waals surface area contributed by atoms with Crippen LogP contribution in [-0.4, -0.2) is 22.1 Å². The molecule has 2 aliphatic carbocycles. The summed E-state index contributed by atoms with van der Waals surface area (Å²) in [6.07, 6.45) is 7.75. The van der Waals surface area contributed by atoms with Gasteiger partial charge in [-0.15, -0.1) is 0 Å². The molecular weight excluding hydrogens is 573 g/mol. The number of benzene rings is 5. The Morgan fingerprint density at radius 3 is 2.45 bits per heavy atom. The molecule has 3 aliphatic rings. The Hall–Kier alpha value is -5.70. The summed E-state index contributed by atoms with van der Waals surface area (Å²) in [6.45, 7) is 6.94. The Bertz CT molecular complexity index is 2430. The minimum atomic E-state index is -0.0817. The summed E-state index contributed by atoms with van der Waals surface area (Å²) in [5.74, 6) is 2.79. The van der Waals surface area contributed by atoms with E-state index in [2.05, 4.69) is 146 Å². The van der Waals surface area contributed by atoms with Gasteiger partial charge < -0.3 is 4.57 Å². The number of rotatable bonds is 4. The van der Waals surface area contributed by atoms with E-state index in [1.807, 2.05) is 18.2 Å². The topological polar surface area (TPSA) is 43.4 Å². The summed E-state index contributed by atoms with van der Waals surface area (Å²) in [5, 5.41) is 6.07. The Morgan fingerprint density at radius 2 is 1.57 bits per heavy atom. The zero-order valence-electron chi connectivity index (χ0n) is 26.8. The molecular formula is C43H35N4+. The number of aromatic nitrogens is 1. The lowest BCUT2D eigenvalue weighted by molar-refractivity contribution is 0.661. The number of fused-ring (bicyclic) bond motifs is 7. The maximum absolute atomic E-state index is 5.15. The summed E-state index contributed by atoms with van der Waals surface area (Å²) >= 11 is 0. The standard InChI is InChI=1S/C43H34N4/c1-27-13-11-16-29(25-27)41-44-40(28-14-5-4-6-15-28)45-42(46-41)30-17-12-18-31(26-30)47-37-22-10-8-19-32(37)33-23-24-36-38(39(33)47)34-20-7-9-21-35(34)43(36,2)3/h4-12,14-27H,13H2,1-3H3/p+1. The average Bonchev–Trinajstić information content (AvgIpc) is 3.57. The molecule has 47 heavy (non-hydrogen) atoms. The second-order valence-corrected chi connectivity index (χ2v) is 13.4. The number of hydrogen-bond donors (Lipinski definition) is 1. The van der Waals surface area contributed by atoms with Crippen LogP contribution in [0.1, 0.15) is 49.4 Å². The van der Waals surface area contributed by atoms with Gasteiger partial charge in [0.25, 0.3) is 5.84 Å². The smallest absolute Gasteiger partial charge is 0.309 e. The SMILES string of the molecule is CC1C=C(C2=NC(c3cccc(-n4c5ccccc5c5ccc6c(c54)-c4ccccc4C6(C)C)c3)=[N+]=C(c3ccccc3)N2)C=CC1. The first-order valence-electron chi connectivity index (χ1n) is 16.5. The maximum atomic E-state index is 5.15. The van der Waals surface area contributed by atoms with Crippen LogP contribution in [0.3, 0.4) is 0 Å². The average molecular weight is 608 g/mol. The van der Waals surface area contributed by atoms with E-state index in [-0.39, 0.29) is 5.41 Å². The predicted molar refractivity (Wildman–Crippen MR) is 197 cm³/mol. The van der Waals surface area contributed by atoms with Gasteiger partial charge in [0.05, 0.1) is 22.2 Å². The van der Waals surface area contributed by atoms with Crippen molar-refractivity contribution in [3.8, 4) is 16.8 Å². The number of amidine groups is 3. The summed E-state index contributed by atoms with van der Waals surface area (Å²) < 4.78 is 7.57. The van der Waals surface area contributed by atoms with Crippen LogP contribution >= 0.6 is 0 Å². The minimum absolute atomic E-state index is 0.0817. The summed E-state index contributed by atoms with van der Waals surface area (Å²) in [4.78, 5) is 5.15. The summed E-state index contributed by atoms with van der Waals surface area (Å²) in [5.41, 5.74) is 11.9. The normalized spacial score (nSPS) is 17.8. The molecule has 0 bridgehead atoms. The highest BCUT2D eigenvalue weighted by atomic mass is 15.1. The highest BCUT2D eigenvalue weighted by molar-refractivity contribution is 6.24. The van der Waals surface area contributed by atoms with E-state index in [4.69, 9.17) is 9.66 Å². The quantitative estimate of drug-likeness (QED) is 0.200. The van der Waals surface area contributed by atoms with Gasteiger partial charge in [0.15, 0.2) is 0 Å². The van der Waals surface area contributed by atoms with Gasteiger partial charge in [-0.2, -0.15) is 0 Å². The van der Waals surface area contributed by atoms with E-state index in [0.717, 1.165) is 40.5 Å². The van der Waals surface area contributed by atoms with Crippen molar-refractivity contribution in [2.75, 3.05) is 0 Å². The molecule has 5 aromatic carbocycles. The Balaban J connectivity index is 1.29. The Kier molecular flexibility index (Phi) is 6.12. The van der Waals surface area contributed by atoms with Crippen molar-refractivity contribution in [3.05, 3.63) is 161 Å². The van der Waals surface area contributed by atoms with Crippen LogP contribution in [0.25, 0.3) is 38.6 Å². The molecule has 1 atom stereocenters. The lowest BCUT2D eigenvalue weighted by Gasteiger charge is -2.21. The molecule has 226 valence electrons. The van der Waals surface area contributed by atoms with Crippen molar-refractivity contribution in [1.82, 2.24) is 14.6 Å². The second kappa shape index (κ2) is 10.4. The van der Waals surface area contributed by atoms with Crippen LogP contribution in [0.5, 0.6) is 0 Å². The molecule has 4 nitrogen and oxygen atoms in total. The third-order valence-corrected chi connectivity index (χ3v) is 10.0. The molecule has 1 N–H and O–H groups in total. The van der Waals surface area contributed by atoms with Crippen molar-refractivity contribution in [3.63, 3.8) is 0 Å². The van der Waals surface area contributed by atoms with Crippen molar-refractivity contribution >= 4 is 39.3 Å². The van der Waals surface area contributed by atoms with Gasteiger partial charge in [0.2, 0.25) is 0 Å². The molecule has 6 aromatic rings. The second-order valence-electron chi connectivity index (χ2n) is 13.4. The number of aliphatic imine (C=N–C) groups is 1. The maximum Gasteiger partial charge on any atom is 0.360 e. The molecule has 1 unspecified atom stereocenters. The summed E-state index contributed by atoms with van der Waals surface area (Å²) in [7, 11) is 0. The zero-order valence-corrected chi connectivity index (χ0v) is 26.8. The van der Waals surface area contributed by atoms with Crippen LogP contribution < -0.4 is 9.98 Å². The lowest BCUT2D eigenvalue weighted by atomic mass is 9.82. The van der Waals surface area contributed by atoms with E-state index < -0.39 is 0 Å². The highest BCUT2D eigenvalue weighted by Crippen LogP contribution is 2.52. The molecule has 0 saturated carbocycles. The van der Waals surface area contributed by atoms with Gasteiger partial charge in [-0.3, -0.25) is 0 Å². The third kappa shape index (κ3) is 4.30. The third-order valence-electron chi connectivity index (χ3n) is 10.0. The van der Waals surface area contributed by atoms with Crippen LogP contribution in [0.15, 0.2) is 144 Å². The zero-order chi connectivity index (χ0) is 31.7. The van der Waals surface area contributed by atoms with Gasteiger partial charge in [-0.05, 0) is 65.4 Å². The summed E-state index contributed by atoms with van der Waals surface area (Å²) in [6, 6.07) is 41.4. The van der Waals surface area contributed by atoms with E-state index in [1.165, 1.54) is 44.1 Å². The predicted octanol–water partition coefficient (Wildman–Crippen LogP) is 8.87. The first kappa shape index (κ1) is 27.6. The number of para-hydroxylation sites is 1. The van der Waals surface area contributed by atoms with Crippen LogP contribution in [-0.2, 0) is 5.41 Å². The fourth-order valence-electron chi connectivity index (χ4n) is 7.70. The van der Waals surface area contributed by atoms with Crippen molar-refractivity contribution in [2.24, 2.45) is 10.9 Å². The highest BCUT2D eigenvalue weighted by Gasteiger charge is 2.37. The van der Waals surface area contributed by atoms with Crippen LogP contribution in [0.4, 0.5) is 0 Å². The Labute approximate surface area is 274 Å². The number of nitrogens with one attached hydrogen (secondary N) is 1. The van der Waals surface area contributed by atoms with Gasteiger partial charge in [0, 0.05) is 33.0 Å². The van der Waals surface area contributed by atoms with E-state index in [9.17, 15) is 0 Å². The first-order chi connectivity index (χ1) is 23.0. The number of nitrogens with zero attached hydrogens (tertiary/aromatic N) is 3. The monoisotopic (exact) mass is 607 g/mol. The molecule has 2 heterocycles. The van der Waals surface area contributed by atoms with E-state index >= 15 is 0 Å². The van der Waals surface area contributed by atoms with Gasteiger partial charge >= 0.3 is 11.7 Å². The van der Waals surface area contributed by atoms with Crippen molar-refractivity contribution < 1.29 is 0 Å². The molecule has 4 heteroatoms. The molecule has 1 aliphatic heterocycles. The number of allylic oxidation sites excluding steroid dienone is 2. The van der Waals surface area contributed by atoms with Gasteiger partial charge in [0.1, 0.15) is 0 Å². The fraction of sp³-hybridized carbons (Fsp3) is 0.140. The van der Waals surface area contributed by atoms with Crippen LogP contribution in [0.2, 0.25) is 0 Å². The van der Waals surface area contributed by atoms with E-state index in [1.54, 1.807) is 0 Å². The molecule has 0 spiro atoms. The van der Waals surface area contributed by atoms with E-state index in [0.29, 0.717) is 11.8 Å². The van der Waals surface area contributed by atoms with Crippen molar-refractivity contribution in [1.29, 1.82) is 0 Å². The number of hydrogen-bond acceptors (Lipinski definition) is 2. The van der Waals surface area contributed by atoms with Crippen molar-refractivity contribution in [2.45, 2.75) is 32.6 Å². The van der Waals surface area contributed by atoms with Gasteiger partial charge in [-0.25, -0.2) is 9.98 Å². The largest absolute Gasteiger partial charge is 0.360 e.